The van der Waals surface area contributed by atoms with Crippen molar-refractivity contribution >= 4 is 27.8 Å². The summed E-state index contributed by atoms with van der Waals surface area (Å²) < 4.78 is 0. The van der Waals surface area contributed by atoms with Crippen LogP contribution in [0.5, 0.6) is 0 Å². The van der Waals surface area contributed by atoms with Gasteiger partial charge in [-0.1, -0.05) is 158 Å². The second kappa shape index (κ2) is 13.6. The molecule has 244 valence electrons. The topological polar surface area (TPSA) is 3.24 Å². The van der Waals surface area contributed by atoms with Crippen molar-refractivity contribution in [3.05, 3.63) is 211 Å². The Morgan fingerprint density at radius 3 is 1.73 bits per heavy atom. The highest BCUT2D eigenvalue weighted by atomic mass is 15.1. The van der Waals surface area contributed by atoms with Gasteiger partial charge in [0, 0.05) is 17.1 Å². The van der Waals surface area contributed by atoms with Gasteiger partial charge in [0.1, 0.15) is 0 Å². The second-order valence-corrected chi connectivity index (χ2v) is 13.7. The van der Waals surface area contributed by atoms with E-state index in [0.29, 0.717) is 5.92 Å². The van der Waals surface area contributed by atoms with E-state index in [1.165, 1.54) is 60.8 Å². The van der Waals surface area contributed by atoms with E-state index in [4.69, 9.17) is 0 Å². The molecule has 8 aromatic carbocycles. The molecule has 1 heteroatoms. The van der Waals surface area contributed by atoms with Crippen molar-refractivity contribution in [3.8, 4) is 33.4 Å². The summed E-state index contributed by atoms with van der Waals surface area (Å²) in [4.78, 5) is 2.33. The maximum Gasteiger partial charge on any atom is 0.0462 e. The molecule has 0 amide bonds. The third-order valence-electron chi connectivity index (χ3n) is 10.6. The molecule has 0 bridgehead atoms. The van der Waals surface area contributed by atoms with Gasteiger partial charge in [-0.05, 0) is 122 Å². The molecule has 0 heterocycles. The lowest BCUT2D eigenvalue weighted by Gasteiger charge is -2.28. The first-order chi connectivity index (χ1) is 25.3. The van der Waals surface area contributed by atoms with E-state index in [1.807, 2.05) is 0 Å². The van der Waals surface area contributed by atoms with Crippen molar-refractivity contribution in [2.45, 2.75) is 25.2 Å². The Balaban J connectivity index is 0.934. The van der Waals surface area contributed by atoms with Gasteiger partial charge in [-0.15, -0.1) is 0 Å². The van der Waals surface area contributed by atoms with Crippen molar-refractivity contribution in [2.75, 3.05) is 4.90 Å². The first-order valence-corrected chi connectivity index (χ1v) is 18.1. The van der Waals surface area contributed by atoms with Gasteiger partial charge < -0.3 is 4.90 Å². The van der Waals surface area contributed by atoms with Crippen molar-refractivity contribution in [1.29, 1.82) is 0 Å². The van der Waals surface area contributed by atoms with Gasteiger partial charge in [-0.2, -0.15) is 0 Å². The minimum Gasteiger partial charge on any atom is -0.311 e. The van der Waals surface area contributed by atoms with E-state index in [0.717, 1.165) is 36.3 Å². The molecule has 0 saturated carbocycles. The highest BCUT2D eigenvalue weighted by Crippen LogP contribution is 2.42. The molecule has 0 fully saturated rings. The van der Waals surface area contributed by atoms with E-state index in [1.54, 1.807) is 0 Å². The van der Waals surface area contributed by atoms with Crippen molar-refractivity contribution in [3.63, 3.8) is 0 Å². The molecule has 0 N–H and O–H groups in total. The molecular weight excluding hydrogens is 615 g/mol. The van der Waals surface area contributed by atoms with Gasteiger partial charge in [0.2, 0.25) is 0 Å². The minimum atomic E-state index is 0.547. The fourth-order valence-corrected chi connectivity index (χ4v) is 7.99. The highest BCUT2D eigenvalue weighted by molar-refractivity contribution is 5.97. The molecule has 8 aromatic rings. The summed E-state index contributed by atoms with van der Waals surface area (Å²) in [5.74, 6) is 0.547. The fraction of sp³-hybridized carbons (Fsp3) is 0.0800. The average Bonchev–Trinajstić information content (AvgIpc) is 3.21. The summed E-state index contributed by atoms with van der Waals surface area (Å²) in [6, 6.07) is 70.9. The van der Waals surface area contributed by atoms with Crippen LogP contribution >= 0.6 is 0 Å². The smallest absolute Gasteiger partial charge is 0.0462 e. The number of fused-ring (bicyclic) bond motifs is 4. The number of benzene rings is 8. The third kappa shape index (κ3) is 6.13. The minimum absolute atomic E-state index is 0.547. The van der Waals surface area contributed by atoms with Crippen LogP contribution in [0.2, 0.25) is 0 Å². The molecular formula is C50H39N. The molecule has 0 spiro atoms. The molecule has 0 aliphatic heterocycles. The average molecular weight is 654 g/mol. The number of anilines is 3. The predicted molar refractivity (Wildman–Crippen MR) is 216 cm³/mol. The van der Waals surface area contributed by atoms with E-state index < -0.39 is 0 Å². The van der Waals surface area contributed by atoms with Crippen molar-refractivity contribution < 1.29 is 0 Å². The normalized spacial score (nSPS) is 13.4. The summed E-state index contributed by atoms with van der Waals surface area (Å²) in [5, 5.41) is 2.54. The summed E-state index contributed by atoms with van der Waals surface area (Å²) >= 11 is 0. The standard InChI is InChI=1S/C50H39N/c1-2-14-43(15-3-1)51(45-33-29-40(30-34-45)47-20-10-13-39-11-4-6-16-46(39)47)44-31-27-38(28-32-44)37-24-21-36(22-25-37)23-26-42-35-41-12-5-7-17-48(41)50-19-9-8-18-49(42)50/h1-22,24-25,27-34,42H,23,26,35H2. The van der Waals surface area contributed by atoms with Crippen LogP contribution in [-0.4, -0.2) is 0 Å². The van der Waals surface area contributed by atoms with Gasteiger partial charge in [0.25, 0.3) is 0 Å². The van der Waals surface area contributed by atoms with Crippen LogP contribution in [0.15, 0.2) is 194 Å². The number of aryl methyl sites for hydroxylation is 1. The monoisotopic (exact) mass is 653 g/mol. The summed E-state index contributed by atoms with van der Waals surface area (Å²) in [7, 11) is 0. The van der Waals surface area contributed by atoms with Gasteiger partial charge in [0.05, 0.1) is 0 Å². The maximum atomic E-state index is 2.34. The predicted octanol–water partition coefficient (Wildman–Crippen LogP) is 13.6. The lowest BCUT2D eigenvalue weighted by molar-refractivity contribution is 0.616. The molecule has 0 radical (unpaired) electrons. The van der Waals surface area contributed by atoms with E-state index in [9.17, 15) is 0 Å². The first kappa shape index (κ1) is 30.8. The van der Waals surface area contributed by atoms with E-state index >= 15 is 0 Å². The Morgan fingerprint density at radius 2 is 0.961 bits per heavy atom. The molecule has 1 aliphatic rings. The summed E-state index contributed by atoms with van der Waals surface area (Å²) in [6.45, 7) is 0. The molecule has 51 heavy (non-hydrogen) atoms. The number of nitrogens with zero attached hydrogens (tertiary/aromatic N) is 1. The number of para-hydroxylation sites is 1. The largest absolute Gasteiger partial charge is 0.311 e. The molecule has 1 aliphatic carbocycles. The zero-order chi connectivity index (χ0) is 34.0. The molecule has 1 unspecified atom stereocenters. The Bertz CT molecular complexity index is 2420. The SMILES string of the molecule is c1ccc(N(c2ccc(-c3ccc(CCC4Cc5ccccc5-c5ccccc54)cc3)cc2)c2ccc(-c3cccc4ccccc34)cc2)cc1. The Hall–Kier alpha value is -6.18. The maximum absolute atomic E-state index is 2.34. The van der Waals surface area contributed by atoms with Crippen LogP contribution in [0.3, 0.4) is 0 Å². The molecule has 1 nitrogen and oxygen atoms in total. The quantitative estimate of drug-likeness (QED) is 0.158. The number of rotatable bonds is 8. The van der Waals surface area contributed by atoms with Gasteiger partial charge in [0.15, 0.2) is 0 Å². The fourth-order valence-electron chi connectivity index (χ4n) is 7.99. The van der Waals surface area contributed by atoms with Crippen LogP contribution in [-0.2, 0) is 12.8 Å². The first-order valence-electron chi connectivity index (χ1n) is 18.1. The van der Waals surface area contributed by atoms with Gasteiger partial charge in [-0.3, -0.25) is 0 Å². The lowest BCUT2D eigenvalue weighted by Crippen LogP contribution is -2.12. The summed E-state index contributed by atoms with van der Waals surface area (Å²) in [6.07, 6.45) is 3.34. The van der Waals surface area contributed by atoms with Crippen LogP contribution in [0.4, 0.5) is 17.1 Å². The van der Waals surface area contributed by atoms with E-state index in [-0.39, 0.29) is 0 Å². The van der Waals surface area contributed by atoms with Crippen molar-refractivity contribution in [1.82, 2.24) is 0 Å². The Morgan fingerprint density at radius 1 is 0.412 bits per heavy atom. The summed E-state index contributed by atoms with van der Waals surface area (Å²) in [5.41, 5.74) is 15.5. The highest BCUT2D eigenvalue weighted by Gasteiger charge is 2.24. The van der Waals surface area contributed by atoms with E-state index in [2.05, 4.69) is 199 Å². The van der Waals surface area contributed by atoms with Crippen LogP contribution in [0, 0.1) is 0 Å². The lowest BCUT2D eigenvalue weighted by atomic mass is 9.76. The number of hydrogen-bond acceptors (Lipinski definition) is 1. The van der Waals surface area contributed by atoms with Crippen LogP contribution < -0.4 is 4.90 Å². The molecule has 0 aromatic heterocycles. The second-order valence-electron chi connectivity index (χ2n) is 13.7. The zero-order valence-corrected chi connectivity index (χ0v) is 28.6. The van der Waals surface area contributed by atoms with Gasteiger partial charge in [-0.25, -0.2) is 0 Å². The molecule has 0 saturated heterocycles. The molecule has 9 rings (SSSR count). The van der Waals surface area contributed by atoms with Gasteiger partial charge >= 0.3 is 0 Å². The molecule has 1 atom stereocenters. The number of hydrogen-bond donors (Lipinski definition) is 0. The zero-order valence-electron chi connectivity index (χ0n) is 28.6. The third-order valence-corrected chi connectivity index (χ3v) is 10.6. The Kier molecular flexibility index (Phi) is 8.24. The van der Waals surface area contributed by atoms with Crippen LogP contribution in [0.1, 0.15) is 29.0 Å². The Labute approximate surface area is 301 Å². The van der Waals surface area contributed by atoms with Crippen molar-refractivity contribution in [2.24, 2.45) is 0 Å². The van der Waals surface area contributed by atoms with Crippen LogP contribution in [0.25, 0.3) is 44.2 Å².